The van der Waals surface area contributed by atoms with Crippen LogP contribution in [0.5, 0.6) is 0 Å². The van der Waals surface area contributed by atoms with Gasteiger partial charge in [0.2, 0.25) is 0 Å². The molecule has 186 valence electrons. The lowest BCUT2D eigenvalue weighted by atomic mass is 9.73. The van der Waals surface area contributed by atoms with Crippen LogP contribution in [0.25, 0.3) is 43.8 Å². The van der Waals surface area contributed by atoms with Gasteiger partial charge in [0.05, 0.1) is 0 Å². The summed E-state index contributed by atoms with van der Waals surface area (Å²) in [5.74, 6) is 0. The van der Waals surface area contributed by atoms with E-state index in [1.165, 1.54) is 66.1 Å². The van der Waals surface area contributed by atoms with Crippen molar-refractivity contribution in [1.82, 2.24) is 0 Å². The van der Waals surface area contributed by atoms with Gasteiger partial charge in [-0.25, -0.2) is 0 Å². The predicted octanol–water partition coefficient (Wildman–Crippen LogP) is 9.97. The predicted molar refractivity (Wildman–Crippen MR) is 163 cm³/mol. The summed E-state index contributed by atoms with van der Waals surface area (Å²) in [6.07, 6.45) is 0.825. The molecule has 1 heterocycles. The fourth-order valence-electron chi connectivity index (χ4n) is 6.97. The molecule has 8 rings (SSSR count). The molecule has 0 spiro atoms. The van der Waals surface area contributed by atoms with Crippen molar-refractivity contribution in [2.45, 2.75) is 25.7 Å². The summed E-state index contributed by atoms with van der Waals surface area (Å²) in [6.45, 7) is 4.65. The maximum Gasteiger partial charge on any atom is 0.138 e. The minimum atomic E-state index is -0.234. The zero-order chi connectivity index (χ0) is 26.1. The van der Waals surface area contributed by atoms with Gasteiger partial charge in [0.25, 0.3) is 0 Å². The second kappa shape index (κ2) is 8.19. The van der Waals surface area contributed by atoms with E-state index in [2.05, 4.69) is 129 Å². The van der Waals surface area contributed by atoms with Crippen LogP contribution in [0, 0.1) is 6.92 Å². The van der Waals surface area contributed by atoms with E-state index >= 15 is 0 Å². The minimum Gasteiger partial charge on any atom is -0.456 e. The van der Waals surface area contributed by atoms with Crippen molar-refractivity contribution in [2.75, 3.05) is 0 Å². The van der Waals surface area contributed by atoms with Crippen molar-refractivity contribution >= 4 is 32.7 Å². The van der Waals surface area contributed by atoms with E-state index in [4.69, 9.17) is 4.42 Å². The van der Waals surface area contributed by atoms with Gasteiger partial charge in [-0.05, 0) is 75.2 Å². The first-order chi connectivity index (χ1) is 19.1. The van der Waals surface area contributed by atoms with Crippen molar-refractivity contribution < 1.29 is 4.42 Å². The zero-order valence-electron chi connectivity index (χ0n) is 22.2. The minimum absolute atomic E-state index is 0.234. The van der Waals surface area contributed by atoms with Crippen molar-refractivity contribution in [3.8, 4) is 11.1 Å². The highest BCUT2D eigenvalue weighted by Crippen LogP contribution is 2.55. The monoisotopic (exact) mass is 500 g/mol. The van der Waals surface area contributed by atoms with Crippen LogP contribution in [0.4, 0.5) is 0 Å². The molecular weight excluding hydrogens is 472 g/mol. The Labute approximate surface area is 228 Å². The highest BCUT2D eigenvalue weighted by molar-refractivity contribution is 6.06. The van der Waals surface area contributed by atoms with E-state index in [1.807, 2.05) is 6.07 Å². The number of fused-ring (bicyclic) bond motifs is 8. The van der Waals surface area contributed by atoms with E-state index in [9.17, 15) is 0 Å². The summed E-state index contributed by atoms with van der Waals surface area (Å²) < 4.78 is 6.37. The average molecular weight is 501 g/mol. The smallest absolute Gasteiger partial charge is 0.138 e. The summed E-state index contributed by atoms with van der Waals surface area (Å²) in [7, 11) is 0. The third-order valence-corrected chi connectivity index (χ3v) is 8.91. The largest absolute Gasteiger partial charge is 0.456 e. The highest BCUT2D eigenvalue weighted by Gasteiger charge is 2.42. The Kier molecular flexibility index (Phi) is 4.70. The first kappa shape index (κ1) is 22.4. The van der Waals surface area contributed by atoms with Gasteiger partial charge in [-0.2, -0.15) is 0 Å². The molecule has 1 aromatic heterocycles. The van der Waals surface area contributed by atoms with Crippen LogP contribution >= 0.6 is 0 Å². The second-order valence-corrected chi connectivity index (χ2v) is 11.1. The second-order valence-electron chi connectivity index (χ2n) is 11.1. The Morgan fingerprint density at radius 3 is 2.18 bits per heavy atom. The SMILES string of the molecule is Cc1cc2c(c3ccccc13)-c1ccc(Cc3cccc4c3oc3ccccc34)cc1C2(C)c1ccccc1. The Hall–Kier alpha value is -4.62. The fourth-order valence-corrected chi connectivity index (χ4v) is 6.97. The third-order valence-electron chi connectivity index (χ3n) is 8.91. The van der Waals surface area contributed by atoms with Gasteiger partial charge < -0.3 is 4.42 Å². The summed E-state index contributed by atoms with van der Waals surface area (Å²) in [4.78, 5) is 0. The molecule has 1 aliphatic rings. The number of benzene rings is 6. The van der Waals surface area contributed by atoms with Gasteiger partial charge in [-0.15, -0.1) is 0 Å². The van der Waals surface area contributed by atoms with Crippen molar-refractivity contribution in [3.05, 3.63) is 155 Å². The molecule has 1 aliphatic carbocycles. The molecule has 0 N–H and O–H groups in total. The maximum absolute atomic E-state index is 6.37. The summed E-state index contributed by atoms with van der Waals surface area (Å²) in [5, 5.41) is 5.04. The van der Waals surface area contributed by atoms with Crippen LogP contribution < -0.4 is 0 Å². The molecule has 1 heteroatoms. The molecule has 0 radical (unpaired) electrons. The first-order valence-corrected chi connectivity index (χ1v) is 13.7. The van der Waals surface area contributed by atoms with Gasteiger partial charge in [0, 0.05) is 22.6 Å². The summed E-state index contributed by atoms with van der Waals surface area (Å²) >= 11 is 0. The number of rotatable bonds is 3. The van der Waals surface area contributed by atoms with Crippen molar-refractivity contribution in [1.29, 1.82) is 0 Å². The maximum atomic E-state index is 6.37. The van der Waals surface area contributed by atoms with Gasteiger partial charge in [0.1, 0.15) is 11.2 Å². The van der Waals surface area contributed by atoms with Crippen LogP contribution in [-0.4, -0.2) is 0 Å². The number of hydrogen-bond donors (Lipinski definition) is 0. The molecule has 1 atom stereocenters. The van der Waals surface area contributed by atoms with Crippen molar-refractivity contribution in [2.24, 2.45) is 0 Å². The molecule has 39 heavy (non-hydrogen) atoms. The molecule has 0 saturated carbocycles. The van der Waals surface area contributed by atoms with E-state index in [-0.39, 0.29) is 5.41 Å². The van der Waals surface area contributed by atoms with Gasteiger partial charge >= 0.3 is 0 Å². The summed E-state index contributed by atoms with van der Waals surface area (Å²) in [6, 6.07) is 44.3. The topological polar surface area (TPSA) is 13.1 Å². The fraction of sp³-hybridized carbons (Fsp3) is 0.105. The Balaban J connectivity index is 1.34. The number of hydrogen-bond acceptors (Lipinski definition) is 1. The molecule has 1 nitrogen and oxygen atoms in total. The molecule has 7 aromatic rings. The Bertz CT molecular complexity index is 2060. The van der Waals surface area contributed by atoms with Crippen molar-refractivity contribution in [3.63, 3.8) is 0 Å². The Morgan fingerprint density at radius 2 is 1.33 bits per heavy atom. The number of para-hydroxylation sites is 2. The quantitative estimate of drug-likeness (QED) is 0.235. The van der Waals surface area contributed by atoms with Crippen LogP contribution in [0.3, 0.4) is 0 Å². The molecule has 6 aromatic carbocycles. The highest BCUT2D eigenvalue weighted by atomic mass is 16.3. The lowest BCUT2D eigenvalue weighted by Crippen LogP contribution is -2.22. The Morgan fingerprint density at radius 1 is 0.615 bits per heavy atom. The van der Waals surface area contributed by atoms with E-state index in [0.717, 1.165) is 17.6 Å². The van der Waals surface area contributed by atoms with Crippen LogP contribution in [-0.2, 0) is 11.8 Å². The molecule has 0 bridgehead atoms. The standard InChI is InChI=1S/C38H28O/c1-24-21-34-36(30-16-7-6-14-28(24)30)32-20-19-25(23-33(32)38(34,2)27-12-4-3-5-13-27)22-26-11-10-17-31-29-15-8-9-18-35(29)39-37(26)31/h3-21,23H,22H2,1-2H3. The molecule has 0 aliphatic heterocycles. The average Bonchev–Trinajstić information content (AvgIpc) is 3.48. The lowest BCUT2D eigenvalue weighted by Gasteiger charge is -2.29. The zero-order valence-corrected chi connectivity index (χ0v) is 22.2. The number of furan rings is 1. The summed E-state index contributed by atoms with van der Waals surface area (Å²) in [5.41, 5.74) is 12.4. The normalized spacial score (nSPS) is 16.2. The van der Waals surface area contributed by atoms with E-state index < -0.39 is 0 Å². The molecule has 0 saturated heterocycles. The van der Waals surface area contributed by atoms with Crippen LogP contribution in [0.2, 0.25) is 0 Å². The molecule has 0 amide bonds. The lowest BCUT2D eigenvalue weighted by molar-refractivity contribution is 0.664. The van der Waals surface area contributed by atoms with Crippen LogP contribution in [0.1, 0.15) is 40.3 Å². The van der Waals surface area contributed by atoms with Crippen LogP contribution in [0.15, 0.2) is 126 Å². The molecule has 0 fully saturated rings. The third kappa shape index (κ3) is 3.14. The van der Waals surface area contributed by atoms with Gasteiger partial charge in [-0.3, -0.25) is 0 Å². The number of aryl methyl sites for hydroxylation is 1. The molecule has 1 unspecified atom stereocenters. The van der Waals surface area contributed by atoms with E-state index in [1.54, 1.807) is 0 Å². The first-order valence-electron chi connectivity index (χ1n) is 13.7. The molecular formula is C38H28O. The van der Waals surface area contributed by atoms with Gasteiger partial charge in [-0.1, -0.05) is 115 Å². The van der Waals surface area contributed by atoms with Gasteiger partial charge in [0.15, 0.2) is 0 Å². The van der Waals surface area contributed by atoms with E-state index in [0.29, 0.717) is 0 Å².